The Morgan fingerprint density at radius 2 is 1.52 bits per heavy atom. The predicted molar refractivity (Wildman–Crippen MR) is 88.3 cm³/mol. The van der Waals surface area contributed by atoms with Crippen LogP contribution in [0.3, 0.4) is 0 Å². The third-order valence-corrected chi connectivity index (χ3v) is 3.61. The third-order valence-electron chi connectivity index (χ3n) is 3.61. The van der Waals surface area contributed by atoms with Gasteiger partial charge in [0.2, 0.25) is 0 Å². The number of benzene rings is 2. The minimum atomic E-state index is -0.936. The summed E-state index contributed by atoms with van der Waals surface area (Å²) in [4.78, 5) is 22.4. The highest BCUT2D eigenvalue weighted by atomic mass is 16.5. The fraction of sp³-hybridized carbons (Fsp3) is 0.263. The molecular weight excluding hydrogens is 292 g/mol. The summed E-state index contributed by atoms with van der Waals surface area (Å²) in [5.74, 6) is -1.12. The van der Waals surface area contributed by atoms with E-state index >= 15 is 0 Å². The van der Waals surface area contributed by atoms with Crippen molar-refractivity contribution in [2.24, 2.45) is 0 Å². The van der Waals surface area contributed by atoms with Crippen LogP contribution in [-0.2, 0) is 9.53 Å². The maximum Gasteiger partial charge on any atom is 0.335 e. The van der Waals surface area contributed by atoms with Gasteiger partial charge < -0.3 is 9.84 Å². The summed E-state index contributed by atoms with van der Waals surface area (Å²) in [5, 5.41) is 8.91. The Morgan fingerprint density at radius 1 is 1.00 bits per heavy atom. The number of hydrogen-bond acceptors (Lipinski definition) is 3. The van der Waals surface area contributed by atoms with Crippen molar-refractivity contribution < 1.29 is 19.4 Å². The number of rotatable bonds is 6. The molecule has 0 aliphatic rings. The van der Waals surface area contributed by atoms with E-state index in [9.17, 15) is 9.59 Å². The minimum absolute atomic E-state index is 0.187. The highest BCUT2D eigenvalue weighted by Gasteiger charge is 2.11. The SMILES string of the molecule is CCCC(=O)OC(C)c1ccc(-c2ccc(C(=O)O)cc2)cc1. The van der Waals surface area contributed by atoms with Crippen molar-refractivity contribution in [2.75, 3.05) is 0 Å². The Balaban J connectivity index is 2.09. The number of carboxylic acids is 1. The zero-order valence-electron chi connectivity index (χ0n) is 13.3. The van der Waals surface area contributed by atoms with Crippen molar-refractivity contribution >= 4 is 11.9 Å². The topological polar surface area (TPSA) is 63.6 Å². The highest BCUT2D eigenvalue weighted by Crippen LogP contribution is 2.24. The van der Waals surface area contributed by atoms with Gasteiger partial charge in [0.1, 0.15) is 6.10 Å². The summed E-state index contributed by atoms with van der Waals surface area (Å²) in [7, 11) is 0. The van der Waals surface area contributed by atoms with Crippen molar-refractivity contribution in [3.05, 3.63) is 59.7 Å². The van der Waals surface area contributed by atoms with Gasteiger partial charge in [0.15, 0.2) is 0 Å². The van der Waals surface area contributed by atoms with Crippen molar-refractivity contribution in [1.82, 2.24) is 0 Å². The summed E-state index contributed by atoms with van der Waals surface area (Å²) in [6.07, 6.45) is 0.923. The first-order valence-corrected chi connectivity index (χ1v) is 7.64. The molecule has 2 aromatic carbocycles. The molecule has 0 bridgehead atoms. The van der Waals surface area contributed by atoms with E-state index in [1.807, 2.05) is 38.1 Å². The van der Waals surface area contributed by atoms with Crippen molar-refractivity contribution in [1.29, 1.82) is 0 Å². The Bertz CT molecular complexity index is 672. The van der Waals surface area contributed by atoms with Crippen LogP contribution in [0.4, 0.5) is 0 Å². The van der Waals surface area contributed by atoms with Crippen molar-refractivity contribution in [2.45, 2.75) is 32.8 Å². The second-order valence-corrected chi connectivity index (χ2v) is 5.39. The second kappa shape index (κ2) is 7.58. The summed E-state index contributed by atoms with van der Waals surface area (Å²) in [6.45, 7) is 3.79. The van der Waals surface area contributed by atoms with Gasteiger partial charge in [0, 0.05) is 6.42 Å². The molecule has 2 aromatic rings. The van der Waals surface area contributed by atoms with Crippen LogP contribution in [0, 0.1) is 0 Å². The van der Waals surface area contributed by atoms with Gasteiger partial charge in [-0.25, -0.2) is 4.79 Å². The van der Waals surface area contributed by atoms with Gasteiger partial charge in [-0.1, -0.05) is 43.3 Å². The molecule has 1 atom stereocenters. The maximum atomic E-state index is 11.5. The molecule has 120 valence electrons. The van der Waals surface area contributed by atoms with Crippen LogP contribution in [-0.4, -0.2) is 17.0 Å². The summed E-state index contributed by atoms with van der Waals surface area (Å²) in [6, 6.07) is 14.5. The van der Waals surface area contributed by atoms with Crippen LogP contribution in [0.5, 0.6) is 0 Å². The number of carboxylic acid groups (broad SMARTS) is 1. The van der Waals surface area contributed by atoms with Crippen LogP contribution in [0.2, 0.25) is 0 Å². The molecule has 0 aliphatic carbocycles. The van der Waals surface area contributed by atoms with Gasteiger partial charge in [0.25, 0.3) is 0 Å². The molecular formula is C19H20O4. The van der Waals surface area contributed by atoms with E-state index in [1.165, 1.54) is 0 Å². The van der Waals surface area contributed by atoms with E-state index in [2.05, 4.69) is 0 Å². The number of aromatic carboxylic acids is 1. The van der Waals surface area contributed by atoms with Crippen LogP contribution in [0.25, 0.3) is 11.1 Å². The smallest absolute Gasteiger partial charge is 0.335 e. The fourth-order valence-electron chi connectivity index (χ4n) is 2.28. The molecule has 0 fully saturated rings. The molecule has 0 heterocycles. The first-order valence-electron chi connectivity index (χ1n) is 7.64. The lowest BCUT2D eigenvalue weighted by molar-refractivity contribution is -0.148. The Morgan fingerprint density at radius 3 is 2.00 bits per heavy atom. The first-order chi connectivity index (χ1) is 11.0. The number of esters is 1. The summed E-state index contributed by atoms with van der Waals surface area (Å²) in [5.41, 5.74) is 3.12. The largest absolute Gasteiger partial charge is 0.478 e. The van der Waals surface area contributed by atoms with E-state index in [1.54, 1.807) is 24.3 Å². The molecule has 1 N–H and O–H groups in total. The molecule has 2 rings (SSSR count). The van der Waals surface area contributed by atoms with E-state index < -0.39 is 5.97 Å². The monoisotopic (exact) mass is 312 g/mol. The maximum absolute atomic E-state index is 11.5. The molecule has 23 heavy (non-hydrogen) atoms. The lowest BCUT2D eigenvalue weighted by atomic mass is 10.0. The van der Waals surface area contributed by atoms with E-state index in [4.69, 9.17) is 9.84 Å². The molecule has 0 aromatic heterocycles. The van der Waals surface area contributed by atoms with Crippen LogP contribution in [0.1, 0.15) is 48.7 Å². The molecule has 1 unspecified atom stereocenters. The zero-order valence-corrected chi connectivity index (χ0v) is 13.3. The Labute approximate surface area is 135 Å². The van der Waals surface area contributed by atoms with Gasteiger partial charge in [-0.15, -0.1) is 0 Å². The standard InChI is InChI=1S/C19H20O4/c1-3-4-18(20)23-13(2)14-5-7-15(8-6-14)16-9-11-17(12-10-16)19(21)22/h5-13H,3-4H2,1-2H3,(H,21,22). The molecule has 4 heteroatoms. The number of ether oxygens (including phenoxy) is 1. The minimum Gasteiger partial charge on any atom is -0.478 e. The molecule has 0 aliphatic heterocycles. The average molecular weight is 312 g/mol. The average Bonchev–Trinajstić information content (AvgIpc) is 2.55. The summed E-state index contributed by atoms with van der Waals surface area (Å²) < 4.78 is 5.36. The van der Waals surface area contributed by atoms with Crippen LogP contribution < -0.4 is 0 Å². The van der Waals surface area contributed by atoms with Crippen molar-refractivity contribution in [3.8, 4) is 11.1 Å². The zero-order chi connectivity index (χ0) is 16.8. The molecule has 4 nitrogen and oxygen atoms in total. The van der Waals surface area contributed by atoms with E-state index in [0.29, 0.717) is 6.42 Å². The molecule has 0 saturated carbocycles. The number of carbonyl (C=O) groups is 2. The molecule has 0 radical (unpaired) electrons. The number of carbonyl (C=O) groups excluding carboxylic acids is 1. The fourth-order valence-corrected chi connectivity index (χ4v) is 2.28. The Kier molecular flexibility index (Phi) is 5.52. The normalized spacial score (nSPS) is 11.7. The lowest BCUT2D eigenvalue weighted by Gasteiger charge is -2.14. The van der Waals surface area contributed by atoms with Crippen molar-refractivity contribution in [3.63, 3.8) is 0 Å². The first kappa shape index (κ1) is 16.7. The molecule has 0 saturated heterocycles. The van der Waals surface area contributed by atoms with Crippen LogP contribution >= 0.6 is 0 Å². The predicted octanol–water partition coefficient (Wildman–Crippen LogP) is 4.46. The van der Waals surface area contributed by atoms with Gasteiger partial charge in [-0.05, 0) is 42.2 Å². The summed E-state index contributed by atoms with van der Waals surface area (Å²) >= 11 is 0. The quantitative estimate of drug-likeness (QED) is 0.800. The van der Waals surface area contributed by atoms with Gasteiger partial charge in [-0.2, -0.15) is 0 Å². The van der Waals surface area contributed by atoms with E-state index in [-0.39, 0.29) is 17.6 Å². The molecule has 0 amide bonds. The van der Waals surface area contributed by atoms with Gasteiger partial charge in [0.05, 0.1) is 5.56 Å². The number of hydrogen-bond donors (Lipinski definition) is 1. The Hall–Kier alpha value is -2.62. The lowest BCUT2D eigenvalue weighted by Crippen LogP contribution is -2.08. The third kappa shape index (κ3) is 4.42. The molecule has 0 spiro atoms. The van der Waals surface area contributed by atoms with Crippen LogP contribution in [0.15, 0.2) is 48.5 Å². The van der Waals surface area contributed by atoms with Gasteiger partial charge >= 0.3 is 11.9 Å². The second-order valence-electron chi connectivity index (χ2n) is 5.39. The van der Waals surface area contributed by atoms with Gasteiger partial charge in [-0.3, -0.25) is 4.79 Å². The highest BCUT2D eigenvalue weighted by molar-refractivity contribution is 5.88. The van der Waals surface area contributed by atoms with E-state index in [0.717, 1.165) is 23.1 Å².